The van der Waals surface area contributed by atoms with Crippen molar-refractivity contribution in [1.29, 1.82) is 0 Å². The zero-order valence-corrected chi connectivity index (χ0v) is 16.8. The van der Waals surface area contributed by atoms with Crippen molar-refractivity contribution in [3.05, 3.63) is 53.1 Å². The maximum absolute atomic E-state index is 12.5. The number of likely N-dealkylation sites (tertiary alicyclic amines) is 1. The second-order valence-electron chi connectivity index (χ2n) is 7.01. The van der Waals surface area contributed by atoms with E-state index in [4.69, 9.17) is 21.1 Å². The first-order chi connectivity index (χ1) is 13.5. The number of halogens is 1. The molecule has 0 saturated carbocycles. The Hall–Kier alpha value is -2.28. The summed E-state index contributed by atoms with van der Waals surface area (Å²) < 4.78 is 10.5. The van der Waals surface area contributed by atoms with Gasteiger partial charge in [0.05, 0.1) is 26.5 Å². The first kappa shape index (κ1) is 20.5. The fraction of sp³-hybridized carbons (Fsp3) is 0.381. The Morgan fingerprint density at radius 1 is 1.25 bits per heavy atom. The molecule has 2 aromatic carbocycles. The number of anilines is 1. The Balaban J connectivity index is 1.58. The van der Waals surface area contributed by atoms with E-state index in [1.165, 1.54) is 0 Å². The van der Waals surface area contributed by atoms with E-state index >= 15 is 0 Å². The molecule has 0 aromatic heterocycles. The fourth-order valence-electron chi connectivity index (χ4n) is 3.71. The first-order valence-electron chi connectivity index (χ1n) is 9.29. The van der Waals surface area contributed by atoms with Crippen molar-refractivity contribution in [1.82, 2.24) is 0 Å². The number of methoxy groups -OCH3 is 2. The van der Waals surface area contributed by atoms with Crippen LogP contribution < -0.4 is 19.7 Å². The van der Waals surface area contributed by atoms with Gasteiger partial charge in [-0.05, 0) is 35.9 Å². The third-order valence-corrected chi connectivity index (χ3v) is 5.37. The molecule has 1 heterocycles. The molecular weight excluding hydrogens is 380 g/mol. The molecule has 0 spiro atoms. The number of aliphatic hydroxyl groups is 1. The maximum Gasteiger partial charge on any atom is 0.279 e. The van der Waals surface area contributed by atoms with Crippen LogP contribution in [0.15, 0.2) is 42.5 Å². The van der Waals surface area contributed by atoms with Crippen LogP contribution in [0.25, 0.3) is 0 Å². The first-order valence-corrected chi connectivity index (χ1v) is 9.67. The molecule has 1 aliphatic rings. The highest BCUT2D eigenvalue weighted by Gasteiger charge is 2.32. The lowest BCUT2D eigenvalue weighted by molar-refractivity contribution is -0.900. The molecule has 1 saturated heterocycles. The van der Waals surface area contributed by atoms with E-state index in [2.05, 4.69) is 5.32 Å². The number of piperidine rings is 1. The van der Waals surface area contributed by atoms with Gasteiger partial charge in [-0.1, -0.05) is 23.7 Å². The van der Waals surface area contributed by atoms with Crippen LogP contribution in [0.5, 0.6) is 11.5 Å². The van der Waals surface area contributed by atoms with Crippen molar-refractivity contribution in [2.45, 2.75) is 18.4 Å². The van der Waals surface area contributed by atoms with E-state index in [1.54, 1.807) is 32.4 Å². The lowest BCUT2D eigenvalue weighted by Gasteiger charge is -2.33. The number of amides is 1. The van der Waals surface area contributed by atoms with Crippen LogP contribution in [0, 0.1) is 0 Å². The smallest absolute Gasteiger partial charge is 0.279 e. The summed E-state index contributed by atoms with van der Waals surface area (Å²) in [7, 11) is 3.18. The number of ether oxygens (including phenoxy) is 2. The van der Waals surface area contributed by atoms with Gasteiger partial charge in [-0.15, -0.1) is 0 Å². The second kappa shape index (κ2) is 9.28. The molecule has 0 aliphatic carbocycles. The van der Waals surface area contributed by atoms with Gasteiger partial charge in [-0.2, -0.15) is 0 Å². The largest absolute Gasteiger partial charge is 0.497 e. The number of benzene rings is 2. The van der Waals surface area contributed by atoms with Gasteiger partial charge in [0.2, 0.25) is 0 Å². The van der Waals surface area contributed by atoms with Crippen LogP contribution in [0.1, 0.15) is 17.9 Å². The lowest BCUT2D eigenvalue weighted by atomic mass is 9.87. The van der Waals surface area contributed by atoms with Crippen LogP contribution in [-0.2, 0) is 4.79 Å². The van der Waals surface area contributed by atoms with E-state index in [0.29, 0.717) is 23.0 Å². The van der Waals surface area contributed by atoms with Crippen molar-refractivity contribution in [2.75, 3.05) is 39.2 Å². The molecule has 1 fully saturated rings. The Bertz CT molecular complexity index is 830. The van der Waals surface area contributed by atoms with Crippen LogP contribution >= 0.6 is 11.6 Å². The van der Waals surface area contributed by atoms with Crippen molar-refractivity contribution in [3.8, 4) is 11.5 Å². The third kappa shape index (κ3) is 4.95. The van der Waals surface area contributed by atoms with Crippen LogP contribution in [0.4, 0.5) is 5.69 Å². The Kier molecular flexibility index (Phi) is 6.78. The third-order valence-electron chi connectivity index (χ3n) is 5.14. The summed E-state index contributed by atoms with van der Waals surface area (Å²) in [5.74, 6) is 1.26. The number of hydrogen-bond donors (Lipinski definition) is 3. The summed E-state index contributed by atoms with van der Waals surface area (Å²) in [4.78, 5) is 13.5. The average molecular weight is 406 g/mol. The lowest BCUT2D eigenvalue weighted by Crippen LogP contribution is -3.15. The molecule has 0 radical (unpaired) electrons. The SMILES string of the molecule is COc1cccc([C@@H]2CC[NH+](CC(=O)Nc3cc(Cl)ccc3OC)C[C@@H]2O)c1. The summed E-state index contributed by atoms with van der Waals surface area (Å²) in [5, 5.41) is 14.0. The number of aliphatic hydroxyl groups excluding tert-OH is 1. The van der Waals surface area contributed by atoms with E-state index < -0.39 is 6.10 Å². The quantitative estimate of drug-likeness (QED) is 0.684. The molecule has 7 heteroatoms. The van der Waals surface area contributed by atoms with E-state index in [-0.39, 0.29) is 18.4 Å². The zero-order chi connectivity index (χ0) is 20.1. The van der Waals surface area contributed by atoms with Gasteiger partial charge in [0, 0.05) is 17.4 Å². The number of quaternary nitrogens is 1. The number of carbonyl (C=O) groups is 1. The molecule has 2 aromatic rings. The topological polar surface area (TPSA) is 72.2 Å². The van der Waals surface area contributed by atoms with Gasteiger partial charge in [-0.25, -0.2) is 0 Å². The van der Waals surface area contributed by atoms with Gasteiger partial charge in [0.1, 0.15) is 24.1 Å². The van der Waals surface area contributed by atoms with Crippen molar-refractivity contribution < 1.29 is 24.3 Å². The average Bonchev–Trinajstić information content (AvgIpc) is 2.68. The minimum absolute atomic E-state index is 0.0509. The van der Waals surface area contributed by atoms with Crippen LogP contribution in [0.2, 0.25) is 5.02 Å². The summed E-state index contributed by atoms with van der Waals surface area (Å²) >= 11 is 6.01. The molecule has 0 bridgehead atoms. The molecule has 28 heavy (non-hydrogen) atoms. The molecule has 3 atom stereocenters. The van der Waals surface area contributed by atoms with E-state index in [9.17, 15) is 9.90 Å². The van der Waals surface area contributed by atoms with Gasteiger partial charge < -0.3 is 24.8 Å². The van der Waals surface area contributed by atoms with Gasteiger partial charge in [0.25, 0.3) is 5.91 Å². The Morgan fingerprint density at radius 3 is 2.79 bits per heavy atom. The summed E-state index contributed by atoms with van der Waals surface area (Å²) in [6.07, 6.45) is 0.293. The van der Waals surface area contributed by atoms with Crippen LogP contribution in [-0.4, -0.2) is 51.0 Å². The van der Waals surface area contributed by atoms with Gasteiger partial charge in [0.15, 0.2) is 6.54 Å². The molecule has 3 N–H and O–H groups in total. The van der Waals surface area contributed by atoms with E-state index in [1.807, 2.05) is 24.3 Å². The highest BCUT2D eigenvalue weighted by molar-refractivity contribution is 6.31. The van der Waals surface area contributed by atoms with Gasteiger partial charge in [-0.3, -0.25) is 4.79 Å². The monoisotopic (exact) mass is 405 g/mol. The summed E-state index contributed by atoms with van der Waals surface area (Å²) in [5.41, 5.74) is 1.62. The molecule has 1 unspecified atom stereocenters. The molecule has 3 rings (SSSR count). The summed E-state index contributed by atoms with van der Waals surface area (Å²) in [6.45, 7) is 1.60. The maximum atomic E-state index is 12.5. The Labute approximate surface area is 170 Å². The van der Waals surface area contributed by atoms with Crippen LogP contribution in [0.3, 0.4) is 0 Å². The zero-order valence-electron chi connectivity index (χ0n) is 16.1. The van der Waals surface area contributed by atoms with Crippen molar-refractivity contribution in [3.63, 3.8) is 0 Å². The highest BCUT2D eigenvalue weighted by atomic mass is 35.5. The Morgan fingerprint density at radius 2 is 2.07 bits per heavy atom. The second-order valence-corrected chi connectivity index (χ2v) is 7.45. The molecule has 6 nitrogen and oxygen atoms in total. The van der Waals surface area contributed by atoms with Crippen molar-refractivity contribution >= 4 is 23.2 Å². The fourth-order valence-corrected chi connectivity index (χ4v) is 3.89. The highest BCUT2D eigenvalue weighted by Crippen LogP contribution is 2.28. The minimum atomic E-state index is -0.510. The summed E-state index contributed by atoms with van der Waals surface area (Å²) in [6, 6.07) is 12.9. The predicted molar refractivity (Wildman–Crippen MR) is 109 cm³/mol. The molecular formula is C21H26ClN2O4+. The molecule has 1 aliphatic heterocycles. The van der Waals surface area contributed by atoms with Gasteiger partial charge >= 0.3 is 0 Å². The number of rotatable bonds is 6. The van der Waals surface area contributed by atoms with Crippen molar-refractivity contribution in [2.24, 2.45) is 0 Å². The number of nitrogens with one attached hydrogen (secondary N) is 2. The predicted octanol–water partition coefficient (Wildman–Crippen LogP) is 1.73. The number of carbonyl (C=O) groups excluding carboxylic acids is 1. The standard InChI is InChI=1S/C21H25ClN2O4/c1-27-16-5-3-4-14(10-16)17-8-9-24(12-19(17)25)13-21(26)23-18-11-15(22)6-7-20(18)28-2/h3-7,10-11,17,19,25H,8-9,12-13H2,1-2H3,(H,23,26)/p+1/t17-,19-/m0/s1. The normalized spacial score (nSPS) is 21.8. The number of hydrogen-bond acceptors (Lipinski definition) is 4. The minimum Gasteiger partial charge on any atom is -0.497 e. The van der Waals surface area contributed by atoms with E-state index in [0.717, 1.165) is 29.2 Å². The molecule has 1 amide bonds. The molecule has 150 valence electrons.